The Morgan fingerprint density at radius 1 is 0.506 bits per heavy atom. The molecule has 0 bridgehead atoms. The highest BCUT2D eigenvalue weighted by molar-refractivity contribution is 5.80. The molecule has 448 valence electrons. The van der Waals surface area contributed by atoms with Gasteiger partial charge in [-0.3, -0.25) is 9.59 Å². The summed E-state index contributed by atoms with van der Waals surface area (Å²) in [5.41, 5.74) is 0. The molecule has 0 aliphatic carbocycles. The number of aliphatic hydroxyl groups excluding tert-OH is 5. The van der Waals surface area contributed by atoms with Gasteiger partial charge in [0.05, 0.1) is 25.4 Å². The summed E-state index contributed by atoms with van der Waals surface area (Å²) < 4.78 is 17.6. The average molecular weight is 1090 g/mol. The molecule has 1 rings (SSSR count). The molecule has 0 aromatic carbocycles. The van der Waals surface area contributed by atoms with E-state index >= 15 is 0 Å². The maximum absolute atomic E-state index is 13.4. The largest absolute Gasteiger partial charge is 0.454 e. The van der Waals surface area contributed by atoms with Gasteiger partial charge in [0, 0.05) is 6.42 Å². The Balaban J connectivity index is 2.63. The number of nitrogens with one attached hydrogen (secondary N) is 1. The van der Waals surface area contributed by atoms with E-state index in [0.29, 0.717) is 12.8 Å². The van der Waals surface area contributed by atoms with Crippen molar-refractivity contribution in [1.82, 2.24) is 5.32 Å². The lowest BCUT2D eigenvalue weighted by Crippen LogP contribution is -2.61. The van der Waals surface area contributed by atoms with Crippen LogP contribution in [0.1, 0.15) is 284 Å². The molecule has 1 heterocycles. The topological polar surface area (TPSA) is 175 Å². The Morgan fingerprint density at radius 2 is 0.896 bits per heavy atom. The van der Waals surface area contributed by atoms with E-state index in [1.807, 2.05) is 6.08 Å². The van der Waals surface area contributed by atoms with Gasteiger partial charge >= 0.3 is 5.97 Å². The SMILES string of the molecule is CCCCC/C=C\C/C=C\C/C=C\CCCCCCCCCCCC(O)C(=O)NC(COC1OC(CO)C(O)C(O)C1OC(=O)CCCCCCCCC/C=C\CCCCCC)C(O)/C=C/CCCCCCCCCCC. The summed E-state index contributed by atoms with van der Waals surface area (Å²) in [6.45, 7) is 5.75. The molecular formula is C66H119NO10. The number of esters is 1. The van der Waals surface area contributed by atoms with Crippen LogP contribution in [-0.4, -0.2) is 99.6 Å². The quantitative estimate of drug-likeness (QED) is 0.0195. The van der Waals surface area contributed by atoms with Crippen LogP contribution in [0.5, 0.6) is 0 Å². The summed E-state index contributed by atoms with van der Waals surface area (Å²) in [6.07, 6.45) is 56.8. The molecule has 0 saturated carbocycles. The van der Waals surface area contributed by atoms with E-state index in [9.17, 15) is 35.1 Å². The van der Waals surface area contributed by atoms with Crippen molar-refractivity contribution in [3.8, 4) is 0 Å². The molecule has 0 radical (unpaired) electrons. The number of carbonyl (C=O) groups is 2. The van der Waals surface area contributed by atoms with E-state index in [2.05, 4.69) is 74.7 Å². The van der Waals surface area contributed by atoms with Gasteiger partial charge in [-0.1, -0.05) is 248 Å². The van der Waals surface area contributed by atoms with Crippen molar-refractivity contribution in [3.63, 3.8) is 0 Å². The molecule has 11 heteroatoms. The van der Waals surface area contributed by atoms with Crippen molar-refractivity contribution in [1.29, 1.82) is 0 Å². The summed E-state index contributed by atoms with van der Waals surface area (Å²) >= 11 is 0. The Hall–Kier alpha value is -2.64. The predicted octanol–water partition coefficient (Wildman–Crippen LogP) is 15.4. The fourth-order valence-electron chi connectivity index (χ4n) is 9.77. The van der Waals surface area contributed by atoms with Gasteiger partial charge in [-0.05, 0) is 89.9 Å². The van der Waals surface area contributed by atoms with Crippen molar-refractivity contribution in [2.75, 3.05) is 13.2 Å². The minimum atomic E-state index is -1.62. The van der Waals surface area contributed by atoms with Gasteiger partial charge in [0.1, 0.15) is 24.4 Å². The fraction of sp³-hybridized carbons (Fsp3) is 0.818. The first-order chi connectivity index (χ1) is 37.7. The number of hydrogen-bond donors (Lipinski definition) is 6. The summed E-state index contributed by atoms with van der Waals surface area (Å²) in [5, 5.41) is 57.0. The van der Waals surface area contributed by atoms with Gasteiger partial charge in [0.15, 0.2) is 12.4 Å². The van der Waals surface area contributed by atoms with Gasteiger partial charge in [0.2, 0.25) is 5.91 Å². The zero-order valence-corrected chi connectivity index (χ0v) is 49.6. The maximum atomic E-state index is 13.4. The van der Waals surface area contributed by atoms with E-state index in [0.717, 1.165) is 89.9 Å². The number of unbranched alkanes of at least 4 members (excludes halogenated alkanes) is 32. The highest BCUT2D eigenvalue weighted by Crippen LogP contribution is 2.26. The Bertz CT molecular complexity index is 1480. The number of ether oxygens (including phenoxy) is 3. The van der Waals surface area contributed by atoms with Gasteiger partial charge in [0.25, 0.3) is 0 Å². The third-order valence-electron chi connectivity index (χ3n) is 14.9. The Morgan fingerprint density at radius 3 is 1.39 bits per heavy atom. The predicted molar refractivity (Wildman–Crippen MR) is 320 cm³/mol. The lowest BCUT2D eigenvalue weighted by atomic mass is 9.99. The standard InChI is InChI=1S/C66H119NO10/c1-4-7-10-13-16-19-22-24-26-27-28-29-30-31-32-34-35-38-41-44-47-50-53-59(70)65(74)67-57(58(69)52-49-46-43-40-37-21-18-15-12-9-6-3)56-75-66-64(63(73)62(72)60(55-68)76-66)77-61(71)54-51-48-45-42-39-36-33-25-23-20-17-14-11-8-5-2/h16,19-20,23-24,26,28-29,49,52,57-60,62-64,66,68-70,72-73H,4-15,17-18,21-22,25,27,30-48,50-51,53-56H2,1-3H3,(H,67,74)/b19-16-,23-20-,26-24-,29-28-,52-49+. The lowest BCUT2D eigenvalue weighted by Gasteiger charge is -2.41. The zero-order chi connectivity index (χ0) is 56.1. The second-order valence-corrected chi connectivity index (χ2v) is 22.1. The molecule has 1 fully saturated rings. The van der Waals surface area contributed by atoms with Crippen LogP contribution in [0.4, 0.5) is 0 Å². The fourth-order valence-corrected chi connectivity index (χ4v) is 9.77. The summed E-state index contributed by atoms with van der Waals surface area (Å²) in [6, 6.07) is -1.03. The highest BCUT2D eigenvalue weighted by Gasteiger charge is 2.47. The minimum Gasteiger partial charge on any atom is -0.454 e. The summed E-state index contributed by atoms with van der Waals surface area (Å²) in [7, 11) is 0. The number of carbonyl (C=O) groups excluding carboxylic acids is 2. The normalized spacial score (nSPS) is 19.4. The third kappa shape index (κ3) is 42.0. The van der Waals surface area contributed by atoms with E-state index < -0.39 is 67.4 Å². The van der Waals surface area contributed by atoms with Crippen molar-refractivity contribution in [2.45, 2.75) is 333 Å². The smallest absolute Gasteiger partial charge is 0.306 e. The van der Waals surface area contributed by atoms with Crippen LogP contribution in [0.15, 0.2) is 60.8 Å². The Kier molecular flexibility index (Phi) is 50.7. The van der Waals surface area contributed by atoms with Crippen LogP contribution in [0.3, 0.4) is 0 Å². The van der Waals surface area contributed by atoms with Crippen molar-refractivity contribution in [3.05, 3.63) is 60.8 Å². The molecule has 1 aliphatic heterocycles. The second-order valence-electron chi connectivity index (χ2n) is 22.1. The molecule has 0 aromatic heterocycles. The molecule has 6 N–H and O–H groups in total. The van der Waals surface area contributed by atoms with E-state index in [1.165, 1.54) is 148 Å². The number of allylic oxidation sites excluding steroid dienone is 9. The van der Waals surface area contributed by atoms with Gasteiger partial charge in [-0.25, -0.2) is 0 Å². The zero-order valence-electron chi connectivity index (χ0n) is 49.6. The molecular weight excluding hydrogens is 967 g/mol. The summed E-state index contributed by atoms with van der Waals surface area (Å²) in [5.74, 6) is -1.20. The second kappa shape index (κ2) is 54.0. The lowest BCUT2D eigenvalue weighted by molar-refractivity contribution is -0.305. The summed E-state index contributed by atoms with van der Waals surface area (Å²) in [4.78, 5) is 26.5. The molecule has 1 saturated heterocycles. The third-order valence-corrected chi connectivity index (χ3v) is 14.9. The molecule has 0 aromatic rings. The number of rotatable bonds is 54. The van der Waals surface area contributed by atoms with E-state index in [1.54, 1.807) is 6.08 Å². The van der Waals surface area contributed by atoms with Crippen molar-refractivity contribution >= 4 is 11.9 Å². The first-order valence-corrected chi connectivity index (χ1v) is 32.1. The van der Waals surface area contributed by atoms with Crippen LogP contribution in [0.25, 0.3) is 0 Å². The van der Waals surface area contributed by atoms with Crippen LogP contribution in [-0.2, 0) is 23.8 Å². The first kappa shape index (κ1) is 72.4. The van der Waals surface area contributed by atoms with Crippen LogP contribution in [0, 0.1) is 0 Å². The molecule has 1 amide bonds. The van der Waals surface area contributed by atoms with Gasteiger partial charge in [-0.2, -0.15) is 0 Å². The molecule has 0 spiro atoms. The first-order valence-electron chi connectivity index (χ1n) is 32.1. The average Bonchev–Trinajstić information content (AvgIpc) is 3.43. The molecule has 77 heavy (non-hydrogen) atoms. The molecule has 11 nitrogen and oxygen atoms in total. The van der Waals surface area contributed by atoms with Crippen molar-refractivity contribution in [2.24, 2.45) is 0 Å². The van der Waals surface area contributed by atoms with Crippen LogP contribution < -0.4 is 5.32 Å². The van der Waals surface area contributed by atoms with Crippen molar-refractivity contribution < 1.29 is 49.3 Å². The van der Waals surface area contributed by atoms with Gasteiger partial charge < -0.3 is 45.1 Å². The van der Waals surface area contributed by atoms with Crippen LogP contribution in [0.2, 0.25) is 0 Å². The molecule has 8 unspecified atom stereocenters. The maximum Gasteiger partial charge on any atom is 0.306 e. The molecule has 8 atom stereocenters. The number of aliphatic hydroxyl groups is 5. The minimum absolute atomic E-state index is 0.118. The Labute approximate surface area is 471 Å². The highest BCUT2D eigenvalue weighted by atomic mass is 16.7. The van der Waals surface area contributed by atoms with Crippen LogP contribution >= 0.6 is 0 Å². The van der Waals surface area contributed by atoms with E-state index in [4.69, 9.17) is 14.2 Å². The number of amides is 1. The molecule has 1 aliphatic rings. The monoisotopic (exact) mass is 1090 g/mol. The number of hydrogen-bond acceptors (Lipinski definition) is 10. The van der Waals surface area contributed by atoms with Gasteiger partial charge in [-0.15, -0.1) is 0 Å². The van der Waals surface area contributed by atoms with E-state index in [-0.39, 0.29) is 19.4 Å².